The van der Waals surface area contributed by atoms with Crippen molar-refractivity contribution in [1.29, 1.82) is 0 Å². The predicted molar refractivity (Wildman–Crippen MR) is 74.4 cm³/mol. The first-order chi connectivity index (χ1) is 8.40. The van der Waals surface area contributed by atoms with Crippen molar-refractivity contribution in [2.45, 2.75) is 76.8 Å². The van der Waals surface area contributed by atoms with Gasteiger partial charge in [-0.1, -0.05) is 26.2 Å². The summed E-state index contributed by atoms with van der Waals surface area (Å²) in [7, 11) is 0. The maximum atomic E-state index is 3.73. The Bertz CT molecular complexity index is 195. The summed E-state index contributed by atoms with van der Waals surface area (Å²) in [6.45, 7) is 6.20. The van der Waals surface area contributed by atoms with Gasteiger partial charge in [0.2, 0.25) is 0 Å². The summed E-state index contributed by atoms with van der Waals surface area (Å²) in [4.78, 5) is 2.74. The fourth-order valence-corrected chi connectivity index (χ4v) is 3.00. The number of nitrogens with zero attached hydrogens (tertiary/aromatic N) is 1. The highest BCUT2D eigenvalue weighted by Gasteiger charge is 2.27. The van der Waals surface area contributed by atoms with Gasteiger partial charge in [-0.05, 0) is 58.2 Å². The molecule has 0 amide bonds. The molecule has 0 radical (unpaired) electrons. The Kier molecular flexibility index (Phi) is 5.79. The Balaban J connectivity index is 1.52. The SMILES string of the molecule is CCCCN(CCCNC1CCCC1)C1CC1. The third-order valence-electron chi connectivity index (χ3n) is 4.27. The van der Waals surface area contributed by atoms with Crippen LogP contribution in [0.5, 0.6) is 0 Å². The van der Waals surface area contributed by atoms with E-state index < -0.39 is 0 Å². The number of rotatable bonds is 9. The second kappa shape index (κ2) is 7.38. The number of nitrogens with one attached hydrogen (secondary N) is 1. The van der Waals surface area contributed by atoms with E-state index in [4.69, 9.17) is 0 Å². The van der Waals surface area contributed by atoms with Crippen LogP contribution in [0.25, 0.3) is 0 Å². The molecule has 2 rings (SSSR count). The van der Waals surface area contributed by atoms with E-state index in [0.717, 1.165) is 12.1 Å². The van der Waals surface area contributed by atoms with Gasteiger partial charge in [0.15, 0.2) is 0 Å². The molecule has 0 spiro atoms. The predicted octanol–water partition coefficient (Wildman–Crippen LogP) is 3.17. The number of unbranched alkanes of at least 4 members (excludes halogenated alkanes) is 1. The molecule has 100 valence electrons. The van der Waals surface area contributed by atoms with E-state index in [-0.39, 0.29) is 0 Å². The van der Waals surface area contributed by atoms with E-state index in [0.29, 0.717) is 0 Å². The monoisotopic (exact) mass is 238 g/mol. The molecule has 0 heterocycles. The standard InChI is InChI=1S/C15H30N2/c1-2-3-12-17(15-9-10-15)13-6-11-16-14-7-4-5-8-14/h14-16H,2-13H2,1H3. The lowest BCUT2D eigenvalue weighted by molar-refractivity contribution is 0.253. The molecule has 2 aliphatic carbocycles. The average molecular weight is 238 g/mol. The molecule has 17 heavy (non-hydrogen) atoms. The highest BCUT2D eigenvalue weighted by Crippen LogP contribution is 2.27. The minimum Gasteiger partial charge on any atom is -0.314 e. The first-order valence-corrected chi connectivity index (χ1v) is 7.87. The zero-order valence-electron chi connectivity index (χ0n) is 11.6. The van der Waals surface area contributed by atoms with Crippen molar-refractivity contribution < 1.29 is 0 Å². The van der Waals surface area contributed by atoms with Gasteiger partial charge in [-0.15, -0.1) is 0 Å². The van der Waals surface area contributed by atoms with E-state index in [2.05, 4.69) is 17.1 Å². The lowest BCUT2D eigenvalue weighted by Crippen LogP contribution is -2.32. The maximum absolute atomic E-state index is 3.73. The zero-order valence-corrected chi connectivity index (χ0v) is 11.6. The minimum atomic E-state index is 0.847. The highest BCUT2D eigenvalue weighted by molar-refractivity contribution is 4.84. The lowest BCUT2D eigenvalue weighted by atomic mass is 10.2. The van der Waals surface area contributed by atoms with E-state index in [9.17, 15) is 0 Å². The summed E-state index contributed by atoms with van der Waals surface area (Å²) in [5, 5.41) is 3.73. The van der Waals surface area contributed by atoms with Crippen LogP contribution in [0, 0.1) is 0 Å². The Morgan fingerprint density at radius 2 is 1.71 bits per heavy atom. The molecule has 0 aromatic heterocycles. The normalized spacial score (nSPS) is 21.5. The van der Waals surface area contributed by atoms with Crippen LogP contribution in [0.1, 0.15) is 64.7 Å². The molecule has 2 aliphatic rings. The molecule has 1 N–H and O–H groups in total. The molecule has 2 heteroatoms. The third kappa shape index (κ3) is 4.97. The second-order valence-electron chi connectivity index (χ2n) is 5.91. The molecule has 2 saturated carbocycles. The lowest BCUT2D eigenvalue weighted by Gasteiger charge is -2.22. The van der Waals surface area contributed by atoms with Gasteiger partial charge >= 0.3 is 0 Å². The van der Waals surface area contributed by atoms with Gasteiger partial charge in [-0.3, -0.25) is 0 Å². The fraction of sp³-hybridized carbons (Fsp3) is 1.00. The van der Waals surface area contributed by atoms with E-state index >= 15 is 0 Å². The Morgan fingerprint density at radius 3 is 2.35 bits per heavy atom. The summed E-state index contributed by atoms with van der Waals surface area (Å²) in [5.74, 6) is 0. The van der Waals surface area contributed by atoms with Crippen LogP contribution in [0.3, 0.4) is 0 Å². The van der Waals surface area contributed by atoms with Crippen molar-refractivity contribution in [3.8, 4) is 0 Å². The van der Waals surface area contributed by atoms with Crippen LogP contribution >= 0.6 is 0 Å². The van der Waals surface area contributed by atoms with Gasteiger partial charge in [0.05, 0.1) is 0 Å². The minimum absolute atomic E-state index is 0.847. The van der Waals surface area contributed by atoms with Crippen molar-refractivity contribution in [3.05, 3.63) is 0 Å². The van der Waals surface area contributed by atoms with Crippen molar-refractivity contribution in [3.63, 3.8) is 0 Å². The van der Waals surface area contributed by atoms with Crippen molar-refractivity contribution in [1.82, 2.24) is 10.2 Å². The Morgan fingerprint density at radius 1 is 1.00 bits per heavy atom. The van der Waals surface area contributed by atoms with E-state index in [1.807, 2.05) is 0 Å². The summed E-state index contributed by atoms with van der Waals surface area (Å²) in [6.07, 6.45) is 12.7. The largest absolute Gasteiger partial charge is 0.314 e. The summed E-state index contributed by atoms with van der Waals surface area (Å²) in [5.41, 5.74) is 0. The number of hydrogen-bond donors (Lipinski definition) is 1. The maximum Gasteiger partial charge on any atom is 0.00964 e. The van der Waals surface area contributed by atoms with Crippen molar-refractivity contribution in [2.24, 2.45) is 0 Å². The van der Waals surface area contributed by atoms with Crippen LogP contribution in [-0.4, -0.2) is 36.6 Å². The molecular weight excluding hydrogens is 208 g/mol. The molecule has 0 bridgehead atoms. The van der Waals surface area contributed by atoms with Crippen LogP contribution in [0.15, 0.2) is 0 Å². The quantitative estimate of drug-likeness (QED) is 0.621. The van der Waals surface area contributed by atoms with Gasteiger partial charge in [0, 0.05) is 12.1 Å². The van der Waals surface area contributed by atoms with Gasteiger partial charge in [0.25, 0.3) is 0 Å². The topological polar surface area (TPSA) is 15.3 Å². The average Bonchev–Trinajstić information content (AvgIpc) is 3.05. The van der Waals surface area contributed by atoms with Crippen molar-refractivity contribution in [2.75, 3.05) is 19.6 Å². The molecule has 0 atom stereocenters. The summed E-state index contributed by atoms with van der Waals surface area (Å²) < 4.78 is 0. The molecule has 2 fully saturated rings. The van der Waals surface area contributed by atoms with Gasteiger partial charge in [-0.25, -0.2) is 0 Å². The molecule has 0 saturated heterocycles. The van der Waals surface area contributed by atoms with Gasteiger partial charge in [-0.2, -0.15) is 0 Å². The molecular formula is C15H30N2. The Hall–Kier alpha value is -0.0800. The summed E-state index contributed by atoms with van der Waals surface area (Å²) >= 11 is 0. The van der Waals surface area contributed by atoms with Crippen LogP contribution < -0.4 is 5.32 Å². The smallest absolute Gasteiger partial charge is 0.00964 e. The van der Waals surface area contributed by atoms with Crippen LogP contribution in [-0.2, 0) is 0 Å². The second-order valence-corrected chi connectivity index (χ2v) is 5.91. The van der Waals surface area contributed by atoms with Crippen molar-refractivity contribution >= 4 is 0 Å². The molecule has 2 nitrogen and oxygen atoms in total. The van der Waals surface area contributed by atoms with E-state index in [1.54, 1.807) is 0 Å². The third-order valence-corrected chi connectivity index (χ3v) is 4.27. The van der Waals surface area contributed by atoms with Crippen LogP contribution in [0.4, 0.5) is 0 Å². The zero-order chi connectivity index (χ0) is 11.9. The fourth-order valence-electron chi connectivity index (χ4n) is 3.00. The molecule has 0 aromatic rings. The van der Waals surface area contributed by atoms with Crippen LogP contribution in [0.2, 0.25) is 0 Å². The van der Waals surface area contributed by atoms with Gasteiger partial charge in [0.1, 0.15) is 0 Å². The molecule has 0 unspecified atom stereocenters. The first-order valence-electron chi connectivity index (χ1n) is 7.87. The number of hydrogen-bond acceptors (Lipinski definition) is 2. The first kappa shape index (κ1) is 13.4. The highest BCUT2D eigenvalue weighted by atomic mass is 15.2. The summed E-state index contributed by atoms with van der Waals surface area (Å²) in [6, 6.07) is 1.80. The molecule has 0 aliphatic heterocycles. The van der Waals surface area contributed by atoms with E-state index in [1.165, 1.54) is 77.4 Å². The Labute approximate surface area is 107 Å². The van der Waals surface area contributed by atoms with Gasteiger partial charge < -0.3 is 10.2 Å². The molecule has 0 aromatic carbocycles.